The van der Waals surface area contributed by atoms with E-state index in [1.54, 1.807) is 0 Å². The third-order valence-corrected chi connectivity index (χ3v) is 4.10. The number of aliphatic hydroxyl groups excluding tert-OH is 1. The van der Waals surface area contributed by atoms with Crippen LogP contribution in [-0.4, -0.2) is 30.3 Å². The fourth-order valence-corrected chi connectivity index (χ4v) is 3.00. The molecule has 1 aliphatic carbocycles. The predicted octanol–water partition coefficient (Wildman–Crippen LogP) is 0.0842. The fourth-order valence-electron chi connectivity index (χ4n) is 3.00. The third kappa shape index (κ3) is 1.39. The summed E-state index contributed by atoms with van der Waals surface area (Å²) in [6.45, 7) is 4.20. The van der Waals surface area contributed by atoms with Gasteiger partial charge in [0.2, 0.25) is 0 Å². The second-order valence-electron chi connectivity index (χ2n) is 4.77. The van der Waals surface area contributed by atoms with Crippen LogP contribution in [-0.2, 0) is 0 Å². The summed E-state index contributed by atoms with van der Waals surface area (Å²) in [5.41, 5.74) is 6.43. The molecule has 1 heterocycles. The zero-order valence-electron chi connectivity index (χ0n) is 8.29. The minimum Gasteiger partial charge on any atom is -0.393 e. The van der Waals surface area contributed by atoms with Crippen molar-refractivity contribution < 1.29 is 5.11 Å². The third-order valence-electron chi connectivity index (χ3n) is 4.10. The van der Waals surface area contributed by atoms with Gasteiger partial charge < -0.3 is 16.2 Å². The van der Waals surface area contributed by atoms with Crippen LogP contribution in [0.25, 0.3) is 0 Å². The van der Waals surface area contributed by atoms with Gasteiger partial charge in [0.25, 0.3) is 0 Å². The molecule has 3 heteroatoms. The highest BCUT2D eigenvalue weighted by atomic mass is 16.3. The molecule has 2 rings (SSSR count). The number of nitrogens with two attached hydrogens (primary N) is 1. The van der Waals surface area contributed by atoms with Crippen LogP contribution < -0.4 is 11.1 Å². The Hall–Kier alpha value is -0.120. The summed E-state index contributed by atoms with van der Waals surface area (Å²) in [5.74, 6) is 0.276. The Balaban J connectivity index is 2.13. The van der Waals surface area contributed by atoms with Gasteiger partial charge in [-0.3, -0.25) is 0 Å². The van der Waals surface area contributed by atoms with E-state index in [9.17, 15) is 5.11 Å². The zero-order chi connectivity index (χ0) is 9.47. The van der Waals surface area contributed by atoms with E-state index in [0.29, 0.717) is 0 Å². The average Bonchev–Trinajstić information content (AvgIpc) is 2.33. The van der Waals surface area contributed by atoms with E-state index in [2.05, 4.69) is 12.2 Å². The lowest BCUT2D eigenvalue weighted by atomic mass is 9.74. The molecule has 13 heavy (non-hydrogen) atoms. The van der Waals surface area contributed by atoms with E-state index in [0.717, 1.165) is 32.4 Å². The molecule has 0 aromatic rings. The summed E-state index contributed by atoms with van der Waals surface area (Å²) < 4.78 is 0. The molecule has 1 unspecified atom stereocenters. The monoisotopic (exact) mass is 184 g/mol. The van der Waals surface area contributed by atoms with Crippen molar-refractivity contribution >= 4 is 0 Å². The van der Waals surface area contributed by atoms with Gasteiger partial charge in [-0.1, -0.05) is 6.92 Å². The van der Waals surface area contributed by atoms with Crippen LogP contribution in [0.4, 0.5) is 0 Å². The quantitative estimate of drug-likeness (QED) is 0.500. The first-order valence-electron chi connectivity index (χ1n) is 5.30. The van der Waals surface area contributed by atoms with Gasteiger partial charge in [0.1, 0.15) is 0 Å². The topological polar surface area (TPSA) is 58.3 Å². The van der Waals surface area contributed by atoms with Gasteiger partial charge in [0, 0.05) is 6.04 Å². The van der Waals surface area contributed by atoms with Crippen LogP contribution >= 0.6 is 0 Å². The number of aliphatic hydroxyl groups is 1. The van der Waals surface area contributed by atoms with E-state index in [-0.39, 0.29) is 23.5 Å². The zero-order valence-corrected chi connectivity index (χ0v) is 8.29. The van der Waals surface area contributed by atoms with E-state index in [4.69, 9.17) is 5.73 Å². The Kier molecular flexibility index (Phi) is 2.34. The summed E-state index contributed by atoms with van der Waals surface area (Å²) >= 11 is 0. The summed E-state index contributed by atoms with van der Waals surface area (Å²) in [6, 6.07) is 0.199. The summed E-state index contributed by atoms with van der Waals surface area (Å²) in [6.07, 6.45) is 3.01. The molecule has 2 fully saturated rings. The minimum absolute atomic E-state index is 0.173. The lowest BCUT2D eigenvalue weighted by Crippen LogP contribution is -2.47. The Morgan fingerprint density at radius 1 is 1.38 bits per heavy atom. The van der Waals surface area contributed by atoms with Crippen LogP contribution in [0.15, 0.2) is 0 Å². The second kappa shape index (κ2) is 3.23. The molecule has 0 aromatic carbocycles. The molecule has 0 bridgehead atoms. The largest absolute Gasteiger partial charge is 0.393 e. The number of rotatable bonds is 0. The van der Waals surface area contributed by atoms with Crippen molar-refractivity contribution in [1.82, 2.24) is 5.32 Å². The van der Waals surface area contributed by atoms with Crippen LogP contribution in [0, 0.1) is 11.3 Å². The molecule has 2 aliphatic rings. The Morgan fingerprint density at radius 2 is 2.00 bits per heavy atom. The van der Waals surface area contributed by atoms with Gasteiger partial charge in [-0.15, -0.1) is 0 Å². The molecule has 76 valence electrons. The standard InChI is InChI=1S/C10H20N2O/c1-7-8(13)6-10(9(7)11)2-4-12-5-3-10/h7-9,12-13H,2-6,11H2,1H3/t7?,8-,9-/m1/s1. The molecule has 1 spiro atoms. The lowest BCUT2D eigenvalue weighted by Gasteiger charge is -2.38. The highest BCUT2D eigenvalue weighted by Gasteiger charge is 2.49. The summed E-state index contributed by atoms with van der Waals surface area (Å²) in [4.78, 5) is 0. The van der Waals surface area contributed by atoms with Gasteiger partial charge >= 0.3 is 0 Å². The first kappa shape index (κ1) is 9.44. The summed E-state index contributed by atoms with van der Waals surface area (Å²) in [5, 5.41) is 13.1. The minimum atomic E-state index is -0.173. The van der Waals surface area contributed by atoms with Crippen molar-refractivity contribution in [3.8, 4) is 0 Å². The molecule has 1 saturated heterocycles. The van der Waals surface area contributed by atoms with Gasteiger partial charge in [0.15, 0.2) is 0 Å². The van der Waals surface area contributed by atoms with Crippen LogP contribution in [0.5, 0.6) is 0 Å². The van der Waals surface area contributed by atoms with Gasteiger partial charge in [0.05, 0.1) is 6.10 Å². The SMILES string of the molecule is CC1[C@H](O)CC2(CCNCC2)[C@@H]1N. The van der Waals surface area contributed by atoms with E-state index < -0.39 is 0 Å². The Morgan fingerprint density at radius 3 is 2.46 bits per heavy atom. The molecule has 1 saturated carbocycles. The molecule has 0 amide bonds. The van der Waals surface area contributed by atoms with E-state index >= 15 is 0 Å². The molecule has 3 nitrogen and oxygen atoms in total. The van der Waals surface area contributed by atoms with Crippen molar-refractivity contribution in [2.24, 2.45) is 17.1 Å². The predicted molar refractivity (Wildman–Crippen MR) is 52.3 cm³/mol. The van der Waals surface area contributed by atoms with E-state index in [1.165, 1.54) is 0 Å². The van der Waals surface area contributed by atoms with Crippen LogP contribution in [0.2, 0.25) is 0 Å². The normalized spacial score (nSPS) is 44.1. The number of hydrogen-bond acceptors (Lipinski definition) is 3. The molecule has 0 aromatic heterocycles. The van der Waals surface area contributed by atoms with Gasteiger partial charge in [-0.05, 0) is 43.7 Å². The first-order chi connectivity index (χ1) is 6.16. The molecule has 1 aliphatic heterocycles. The first-order valence-corrected chi connectivity index (χ1v) is 5.30. The highest BCUT2D eigenvalue weighted by Crippen LogP contribution is 2.46. The average molecular weight is 184 g/mol. The second-order valence-corrected chi connectivity index (χ2v) is 4.77. The molecule has 0 radical (unpaired) electrons. The van der Waals surface area contributed by atoms with Gasteiger partial charge in [-0.25, -0.2) is 0 Å². The molecular weight excluding hydrogens is 164 g/mol. The molecule has 4 N–H and O–H groups in total. The van der Waals surface area contributed by atoms with Gasteiger partial charge in [-0.2, -0.15) is 0 Å². The maximum absolute atomic E-state index is 9.79. The maximum Gasteiger partial charge on any atom is 0.0586 e. The maximum atomic E-state index is 9.79. The molecule has 3 atom stereocenters. The Bertz CT molecular complexity index is 189. The lowest BCUT2D eigenvalue weighted by molar-refractivity contribution is 0.124. The summed E-state index contributed by atoms with van der Waals surface area (Å²) in [7, 11) is 0. The van der Waals surface area contributed by atoms with Crippen molar-refractivity contribution in [3.05, 3.63) is 0 Å². The highest BCUT2D eigenvalue weighted by molar-refractivity contribution is 5.03. The Labute approximate surface area is 79.7 Å². The fraction of sp³-hybridized carbons (Fsp3) is 1.00. The smallest absolute Gasteiger partial charge is 0.0586 e. The van der Waals surface area contributed by atoms with E-state index in [1.807, 2.05) is 0 Å². The number of hydrogen-bond donors (Lipinski definition) is 3. The number of nitrogens with one attached hydrogen (secondary N) is 1. The van der Waals surface area contributed by atoms with Crippen molar-refractivity contribution in [2.75, 3.05) is 13.1 Å². The number of piperidine rings is 1. The van der Waals surface area contributed by atoms with Crippen LogP contribution in [0.3, 0.4) is 0 Å². The van der Waals surface area contributed by atoms with Crippen molar-refractivity contribution in [3.63, 3.8) is 0 Å². The van der Waals surface area contributed by atoms with Crippen molar-refractivity contribution in [2.45, 2.75) is 38.3 Å². The van der Waals surface area contributed by atoms with Crippen LogP contribution in [0.1, 0.15) is 26.2 Å². The molecular formula is C10H20N2O. The van der Waals surface area contributed by atoms with Crippen molar-refractivity contribution in [1.29, 1.82) is 0 Å².